The minimum atomic E-state index is 0.519. The molecule has 0 aliphatic carbocycles. The Labute approximate surface area is 134 Å². The van der Waals surface area contributed by atoms with E-state index in [9.17, 15) is 0 Å². The smallest absolute Gasteiger partial charge is 0.139 e. The van der Waals surface area contributed by atoms with E-state index in [0.717, 1.165) is 15.6 Å². The van der Waals surface area contributed by atoms with E-state index in [1.807, 2.05) is 24.3 Å². The van der Waals surface area contributed by atoms with Crippen molar-refractivity contribution in [3.63, 3.8) is 0 Å². The second kappa shape index (κ2) is 5.60. The lowest BCUT2D eigenvalue weighted by molar-refractivity contribution is 0.487. The summed E-state index contributed by atoms with van der Waals surface area (Å²) in [5.41, 5.74) is 0.704. The first-order valence-corrected chi connectivity index (χ1v) is 7.35. The summed E-state index contributed by atoms with van der Waals surface area (Å²) in [7, 11) is 0. The van der Waals surface area contributed by atoms with Crippen molar-refractivity contribution in [2.45, 2.75) is 0 Å². The van der Waals surface area contributed by atoms with E-state index in [0.29, 0.717) is 21.3 Å². The zero-order chi connectivity index (χ0) is 14.1. The highest BCUT2D eigenvalue weighted by Crippen LogP contribution is 2.36. The molecular formula is C15H8BrCl2NO. The van der Waals surface area contributed by atoms with Crippen LogP contribution >= 0.6 is 39.1 Å². The summed E-state index contributed by atoms with van der Waals surface area (Å²) < 4.78 is 6.84. The predicted octanol–water partition coefficient (Wildman–Crippen LogP) is 6.10. The third kappa shape index (κ3) is 2.75. The zero-order valence-electron chi connectivity index (χ0n) is 10.1. The van der Waals surface area contributed by atoms with Crippen molar-refractivity contribution in [2.75, 3.05) is 0 Å². The first-order chi connectivity index (χ1) is 9.63. The predicted molar refractivity (Wildman–Crippen MR) is 86.0 cm³/mol. The molecule has 1 aromatic heterocycles. The van der Waals surface area contributed by atoms with Crippen molar-refractivity contribution in [3.05, 3.63) is 63.2 Å². The molecule has 2 aromatic carbocycles. The van der Waals surface area contributed by atoms with Crippen LogP contribution < -0.4 is 4.74 Å². The highest BCUT2D eigenvalue weighted by atomic mass is 79.9. The summed E-state index contributed by atoms with van der Waals surface area (Å²) in [6, 6.07) is 12.8. The third-order valence-corrected chi connectivity index (χ3v) is 3.75. The molecule has 0 atom stereocenters. The zero-order valence-corrected chi connectivity index (χ0v) is 13.2. The second-order valence-electron chi connectivity index (χ2n) is 4.15. The van der Waals surface area contributed by atoms with Crippen LogP contribution in [0.25, 0.3) is 10.9 Å². The van der Waals surface area contributed by atoms with Gasteiger partial charge in [-0.05, 0) is 36.4 Å². The Morgan fingerprint density at radius 2 is 1.90 bits per heavy atom. The van der Waals surface area contributed by atoms with Crippen LogP contribution in [0.5, 0.6) is 11.5 Å². The SMILES string of the molecule is Clc1cc(Cl)c2c(Oc3cccc(Br)c3)ccnc2c1. The number of nitrogens with zero attached hydrogens (tertiary/aromatic N) is 1. The maximum absolute atomic E-state index is 6.25. The molecule has 0 spiro atoms. The Kier molecular flexibility index (Phi) is 3.83. The fraction of sp³-hybridized carbons (Fsp3) is 0. The molecule has 0 unspecified atom stereocenters. The van der Waals surface area contributed by atoms with Gasteiger partial charge in [0.15, 0.2) is 0 Å². The van der Waals surface area contributed by atoms with Crippen LogP contribution in [0.4, 0.5) is 0 Å². The fourth-order valence-electron chi connectivity index (χ4n) is 1.92. The monoisotopic (exact) mass is 367 g/mol. The maximum atomic E-state index is 6.25. The molecule has 0 saturated heterocycles. The van der Waals surface area contributed by atoms with Crippen LogP contribution in [0.15, 0.2) is 53.1 Å². The van der Waals surface area contributed by atoms with Gasteiger partial charge in [-0.15, -0.1) is 0 Å². The van der Waals surface area contributed by atoms with Crippen LogP contribution in [-0.4, -0.2) is 4.98 Å². The highest BCUT2D eigenvalue weighted by molar-refractivity contribution is 9.10. The minimum absolute atomic E-state index is 0.519. The third-order valence-electron chi connectivity index (χ3n) is 2.74. The Balaban J connectivity index is 2.12. The lowest BCUT2D eigenvalue weighted by atomic mass is 10.2. The van der Waals surface area contributed by atoms with Gasteiger partial charge in [0.05, 0.1) is 15.9 Å². The molecule has 0 radical (unpaired) electrons. The molecule has 0 N–H and O–H groups in total. The molecule has 0 aliphatic rings. The molecule has 0 fully saturated rings. The summed E-state index contributed by atoms with van der Waals surface area (Å²) >= 11 is 15.7. The molecule has 0 bridgehead atoms. The Morgan fingerprint density at radius 3 is 2.70 bits per heavy atom. The van der Waals surface area contributed by atoms with Crippen LogP contribution in [0.2, 0.25) is 10.0 Å². The fourth-order valence-corrected chi connectivity index (χ4v) is 2.87. The van der Waals surface area contributed by atoms with Crippen molar-refractivity contribution < 1.29 is 4.74 Å². The average molecular weight is 369 g/mol. The van der Waals surface area contributed by atoms with E-state index in [4.69, 9.17) is 27.9 Å². The first-order valence-electron chi connectivity index (χ1n) is 5.81. The largest absolute Gasteiger partial charge is 0.457 e. The van der Waals surface area contributed by atoms with E-state index in [1.165, 1.54) is 0 Å². The first kappa shape index (κ1) is 13.7. The van der Waals surface area contributed by atoms with Gasteiger partial charge in [-0.25, -0.2) is 0 Å². The van der Waals surface area contributed by atoms with Crippen molar-refractivity contribution >= 4 is 50.0 Å². The van der Waals surface area contributed by atoms with Crippen molar-refractivity contribution in [1.29, 1.82) is 0 Å². The Hall–Kier alpha value is -1.29. The molecule has 0 amide bonds. The van der Waals surface area contributed by atoms with Crippen LogP contribution in [-0.2, 0) is 0 Å². The van der Waals surface area contributed by atoms with Gasteiger partial charge >= 0.3 is 0 Å². The van der Waals surface area contributed by atoms with Gasteiger partial charge in [0.25, 0.3) is 0 Å². The number of ether oxygens (including phenoxy) is 1. The van der Waals surface area contributed by atoms with Gasteiger partial charge < -0.3 is 4.74 Å². The number of fused-ring (bicyclic) bond motifs is 1. The summed E-state index contributed by atoms with van der Waals surface area (Å²) in [6.45, 7) is 0. The van der Waals surface area contributed by atoms with E-state index in [2.05, 4.69) is 20.9 Å². The van der Waals surface area contributed by atoms with E-state index < -0.39 is 0 Å². The number of halogens is 3. The van der Waals surface area contributed by atoms with Gasteiger partial charge in [-0.1, -0.05) is 45.2 Å². The summed E-state index contributed by atoms with van der Waals surface area (Å²) in [4.78, 5) is 4.26. The topological polar surface area (TPSA) is 22.1 Å². The summed E-state index contributed by atoms with van der Waals surface area (Å²) in [5.74, 6) is 1.37. The van der Waals surface area contributed by atoms with E-state index in [1.54, 1.807) is 24.4 Å². The van der Waals surface area contributed by atoms with Gasteiger partial charge in [0.2, 0.25) is 0 Å². The van der Waals surface area contributed by atoms with E-state index in [-0.39, 0.29) is 0 Å². The molecule has 5 heteroatoms. The number of aromatic nitrogens is 1. The molecule has 0 saturated carbocycles. The average Bonchev–Trinajstić information content (AvgIpc) is 2.38. The summed E-state index contributed by atoms with van der Waals surface area (Å²) in [5, 5.41) is 1.82. The number of hydrogen-bond acceptors (Lipinski definition) is 2. The van der Waals surface area contributed by atoms with E-state index >= 15 is 0 Å². The maximum Gasteiger partial charge on any atom is 0.139 e. The Bertz CT molecular complexity index is 792. The molecule has 0 aliphatic heterocycles. The lowest BCUT2D eigenvalue weighted by Gasteiger charge is -2.10. The highest BCUT2D eigenvalue weighted by Gasteiger charge is 2.10. The molecule has 3 aromatic rings. The minimum Gasteiger partial charge on any atom is -0.457 e. The number of pyridine rings is 1. The van der Waals surface area contributed by atoms with Gasteiger partial charge in [0.1, 0.15) is 11.5 Å². The van der Waals surface area contributed by atoms with Gasteiger partial charge in [0, 0.05) is 15.7 Å². The second-order valence-corrected chi connectivity index (χ2v) is 5.91. The molecule has 100 valence electrons. The van der Waals surface area contributed by atoms with Crippen molar-refractivity contribution in [2.24, 2.45) is 0 Å². The van der Waals surface area contributed by atoms with Crippen LogP contribution in [0.1, 0.15) is 0 Å². The van der Waals surface area contributed by atoms with Crippen LogP contribution in [0.3, 0.4) is 0 Å². The van der Waals surface area contributed by atoms with Crippen LogP contribution in [0, 0.1) is 0 Å². The molecule has 1 heterocycles. The molecule has 2 nitrogen and oxygen atoms in total. The normalized spacial score (nSPS) is 10.8. The quantitative estimate of drug-likeness (QED) is 0.545. The molecular weight excluding hydrogens is 361 g/mol. The molecule has 3 rings (SSSR count). The van der Waals surface area contributed by atoms with Gasteiger partial charge in [-0.3, -0.25) is 4.98 Å². The number of rotatable bonds is 2. The Morgan fingerprint density at radius 1 is 1.05 bits per heavy atom. The standard InChI is InChI=1S/C15H8BrCl2NO/c16-9-2-1-3-11(6-9)20-14-4-5-19-13-8-10(17)7-12(18)15(13)14/h1-8H. The van der Waals surface area contributed by atoms with Crippen molar-refractivity contribution in [1.82, 2.24) is 4.98 Å². The lowest BCUT2D eigenvalue weighted by Crippen LogP contribution is -1.88. The molecule has 20 heavy (non-hydrogen) atoms. The summed E-state index contributed by atoms with van der Waals surface area (Å²) in [6.07, 6.45) is 1.67. The van der Waals surface area contributed by atoms with Gasteiger partial charge in [-0.2, -0.15) is 0 Å². The van der Waals surface area contributed by atoms with Crippen molar-refractivity contribution in [3.8, 4) is 11.5 Å². The number of hydrogen-bond donors (Lipinski definition) is 0. The number of benzene rings is 2.